The van der Waals surface area contributed by atoms with Crippen molar-refractivity contribution in [1.29, 1.82) is 0 Å². The van der Waals surface area contributed by atoms with Crippen LogP contribution in [0.1, 0.15) is 28.9 Å². The van der Waals surface area contributed by atoms with Crippen LogP contribution in [-0.2, 0) is 9.47 Å². The quantitative estimate of drug-likeness (QED) is 0.848. The molecule has 0 unspecified atom stereocenters. The summed E-state index contributed by atoms with van der Waals surface area (Å²) in [5.41, 5.74) is 2.38. The number of nitrogens with zero attached hydrogens (tertiary/aromatic N) is 2. The molecule has 0 radical (unpaired) electrons. The van der Waals surface area contributed by atoms with E-state index in [9.17, 15) is 4.79 Å². The Morgan fingerprint density at radius 3 is 2.46 bits per heavy atom. The molecule has 0 saturated carbocycles. The smallest absolute Gasteiger partial charge is 0.276 e. The van der Waals surface area contributed by atoms with Gasteiger partial charge in [-0.1, -0.05) is 29.8 Å². The van der Waals surface area contributed by atoms with Crippen LogP contribution < -0.4 is 0 Å². The van der Waals surface area contributed by atoms with E-state index < -0.39 is 5.79 Å². The first-order valence-corrected chi connectivity index (χ1v) is 8.25. The molecule has 0 atom stereocenters. The van der Waals surface area contributed by atoms with Crippen molar-refractivity contribution in [1.82, 2.24) is 9.88 Å². The van der Waals surface area contributed by atoms with Gasteiger partial charge in [0.1, 0.15) is 0 Å². The Balaban J connectivity index is 1.51. The molecule has 2 aliphatic heterocycles. The zero-order valence-electron chi connectivity index (χ0n) is 13.7. The molecule has 126 valence electrons. The summed E-state index contributed by atoms with van der Waals surface area (Å²) in [6.45, 7) is 4.48. The number of hydrogen-bond acceptors (Lipinski definition) is 5. The summed E-state index contributed by atoms with van der Waals surface area (Å²) in [6.07, 6.45) is 2.71. The second-order valence-corrected chi connectivity index (χ2v) is 6.30. The average molecular weight is 328 g/mol. The van der Waals surface area contributed by atoms with E-state index in [1.807, 2.05) is 31.2 Å². The highest BCUT2D eigenvalue weighted by molar-refractivity contribution is 5.97. The number of hydrogen-bond donors (Lipinski definition) is 0. The van der Waals surface area contributed by atoms with Gasteiger partial charge in [0.25, 0.3) is 5.91 Å². The van der Waals surface area contributed by atoms with E-state index in [1.54, 1.807) is 4.90 Å². The second-order valence-electron chi connectivity index (χ2n) is 6.30. The molecule has 1 aromatic heterocycles. The molecule has 0 N–H and O–H groups in total. The van der Waals surface area contributed by atoms with Crippen LogP contribution in [0.15, 0.2) is 35.1 Å². The number of aromatic nitrogens is 1. The van der Waals surface area contributed by atoms with E-state index in [0.717, 1.165) is 11.1 Å². The number of likely N-dealkylation sites (tertiary alicyclic amines) is 1. The molecule has 2 fully saturated rings. The van der Waals surface area contributed by atoms with Crippen LogP contribution in [-0.4, -0.2) is 47.9 Å². The van der Waals surface area contributed by atoms with Gasteiger partial charge in [0.15, 0.2) is 23.6 Å². The van der Waals surface area contributed by atoms with Crippen molar-refractivity contribution in [2.24, 2.45) is 0 Å². The van der Waals surface area contributed by atoms with Crippen LogP contribution in [0.4, 0.5) is 0 Å². The van der Waals surface area contributed by atoms with Gasteiger partial charge in [-0.15, -0.1) is 0 Å². The van der Waals surface area contributed by atoms with E-state index in [2.05, 4.69) is 4.98 Å². The highest BCUT2D eigenvalue weighted by Gasteiger charge is 2.41. The molecular formula is C18H20N2O4. The Kier molecular flexibility index (Phi) is 3.86. The Labute approximate surface area is 140 Å². The number of rotatable bonds is 2. The standard InChI is InChI=1S/C18H20N2O4/c1-13-2-4-14(5-3-13)16-15(19-12-22-16)17(21)20-8-6-18(7-9-20)23-10-11-24-18/h2-5,12H,6-11H2,1H3. The molecule has 6 nitrogen and oxygen atoms in total. The first kappa shape index (κ1) is 15.4. The number of aryl methyl sites for hydroxylation is 1. The zero-order valence-corrected chi connectivity index (χ0v) is 13.7. The van der Waals surface area contributed by atoms with E-state index in [1.165, 1.54) is 6.39 Å². The molecule has 4 rings (SSSR count). The highest BCUT2D eigenvalue weighted by Crippen LogP contribution is 2.32. The summed E-state index contributed by atoms with van der Waals surface area (Å²) >= 11 is 0. The van der Waals surface area contributed by atoms with Crippen molar-refractivity contribution >= 4 is 5.91 Å². The van der Waals surface area contributed by atoms with Crippen molar-refractivity contribution in [3.05, 3.63) is 41.9 Å². The van der Waals surface area contributed by atoms with Gasteiger partial charge in [0.05, 0.1) is 13.2 Å². The normalized spacial score (nSPS) is 19.8. The summed E-state index contributed by atoms with van der Waals surface area (Å²) in [6, 6.07) is 7.87. The molecule has 6 heteroatoms. The molecule has 2 aromatic rings. The predicted molar refractivity (Wildman–Crippen MR) is 86.4 cm³/mol. The number of piperidine rings is 1. The second kappa shape index (κ2) is 6.03. The third-order valence-corrected chi connectivity index (χ3v) is 4.71. The minimum absolute atomic E-state index is 0.104. The maximum atomic E-state index is 12.8. The largest absolute Gasteiger partial charge is 0.443 e. The van der Waals surface area contributed by atoms with Crippen molar-refractivity contribution in [2.45, 2.75) is 25.6 Å². The van der Waals surface area contributed by atoms with Crippen LogP contribution in [0.25, 0.3) is 11.3 Å². The Morgan fingerprint density at radius 2 is 1.79 bits per heavy atom. The molecule has 2 aliphatic rings. The Morgan fingerprint density at radius 1 is 1.12 bits per heavy atom. The molecule has 1 amide bonds. The first-order chi connectivity index (χ1) is 11.7. The maximum Gasteiger partial charge on any atom is 0.276 e. The number of carbonyl (C=O) groups excluding carboxylic acids is 1. The minimum Gasteiger partial charge on any atom is -0.443 e. The summed E-state index contributed by atoms with van der Waals surface area (Å²) in [5, 5.41) is 0. The summed E-state index contributed by atoms with van der Waals surface area (Å²) in [4.78, 5) is 18.8. The Hall–Kier alpha value is -2.18. The first-order valence-electron chi connectivity index (χ1n) is 8.25. The molecule has 2 saturated heterocycles. The summed E-state index contributed by atoms with van der Waals surface area (Å²) < 4.78 is 16.9. The van der Waals surface area contributed by atoms with E-state index in [0.29, 0.717) is 50.6 Å². The fourth-order valence-electron chi connectivity index (χ4n) is 3.29. The predicted octanol–water partition coefficient (Wildman–Crippen LogP) is 2.63. The third-order valence-electron chi connectivity index (χ3n) is 4.71. The van der Waals surface area contributed by atoms with Gasteiger partial charge in [-0.05, 0) is 6.92 Å². The third kappa shape index (κ3) is 2.72. The fraction of sp³-hybridized carbons (Fsp3) is 0.444. The molecule has 0 aliphatic carbocycles. The summed E-state index contributed by atoms with van der Waals surface area (Å²) in [7, 11) is 0. The lowest BCUT2D eigenvalue weighted by molar-refractivity contribution is -0.181. The number of amides is 1. The fourth-order valence-corrected chi connectivity index (χ4v) is 3.29. The summed E-state index contributed by atoms with van der Waals surface area (Å²) in [5.74, 6) is -0.0683. The molecule has 0 bridgehead atoms. The van der Waals surface area contributed by atoms with Gasteiger partial charge in [-0.25, -0.2) is 4.98 Å². The number of carbonyl (C=O) groups is 1. The zero-order chi connectivity index (χ0) is 16.6. The van der Waals surface area contributed by atoms with Crippen LogP contribution >= 0.6 is 0 Å². The monoisotopic (exact) mass is 328 g/mol. The molecule has 3 heterocycles. The van der Waals surface area contributed by atoms with Crippen LogP contribution in [0.2, 0.25) is 0 Å². The lowest BCUT2D eigenvalue weighted by Crippen LogP contribution is -2.47. The lowest BCUT2D eigenvalue weighted by Gasteiger charge is -2.37. The maximum absolute atomic E-state index is 12.8. The number of benzene rings is 1. The number of ether oxygens (including phenoxy) is 2. The minimum atomic E-state index is -0.486. The Bertz CT molecular complexity index is 722. The molecule has 1 spiro atoms. The molecule has 1 aromatic carbocycles. The topological polar surface area (TPSA) is 64.8 Å². The van der Waals surface area contributed by atoms with Crippen molar-refractivity contribution in [2.75, 3.05) is 26.3 Å². The van der Waals surface area contributed by atoms with E-state index >= 15 is 0 Å². The SMILES string of the molecule is Cc1ccc(-c2ocnc2C(=O)N2CCC3(CC2)OCCO3)cc1. The average Bonchev–Trinajstić information content (AvgIpc) is 3.26. The van der Waals surface area contributed by atoms with Gasteiger partial charge in [0, 0.05) is 31.5 Å². The highest BCUT2D eigenvalue weighted by atomic mass is 16.7. The van der Waals surface area contributed by atoms with Gasteiger partial charge < -0.3 is 18.8 Å². The van der Waals surface area contributed by atoms with Crippen LogP contribution in [0, 0.1) is 6.92 Å². The van der Waals surface area contributed by atoms with Crippen molar-refractivity contribution in [3.8, 4) is 11.3 Å². The van der Waals surface area contributed by atoms with Gasteiger partial charge in [-0.3, -0.25) is 4.79 Å². The molecular weight excluding hydrogens is 308 g/mol. The van der Waals surface area contributed by atoms with Crippen LogP contribution in [0.5, 0.6) is 0 Å². The lowest BCUT2D eigenvalue weighted by atomic mass is 10.0. The molecule has 24 heavy (non-hydrogen) atoms. The van der Waals surface area contributed by atoms with Gasteiger partial charge >= 0.3 is 0 Å². The van der Waals surface area contributed by atoms with Crippen molar-refractivity contribution in [3.63, 3.8) is 0 Å². The number of oxazole rings is 1. The van der Waals surface area contributed by atoms with Gasteiger partial charge in [0.2, 0.25) is 0 Å². The van der Waals surface area contributed by atoms with E-state index in [-0.39, 0.29) is 5.91 Å². The van der Waals surface area contributed by atoms with Crippen molar-refractivity contribution < 1.29 is 18.7 Å². The van der Waals surface area contributed by atoms with Gasteiger partial charge in [-0.2, -0.15) is 0 Å². The van der Waals surface area contributed by atoms with E-state index in [4.69, 9.17) is 13.9 Å². The van der Waals surface area contributed by atoms with Crippen LogP contribution in [0.3, 0.4) is 0 Å².